The molecule has 0 saturated carbocycles. The van der Waals surface area contributed by atoms with E-state index >= 15 is 0 Å². The van der Waals surface area contributed by atoms with Gasteiger partial charge in [0, 0.05) is 31.9 Å². The van der Waals surface area contributed by atoms with E-state index in [0.29, 0.717) is 5.69 Å². The van der Waals surface area contributed by atoms with Crippen molar-refractivity contribution in [2.75, 3.05) is 36.0 Å². The third kappa shape index (κ3) is 3.81. The molecular formula is C23H23N5. The van der Waals surface area contributed by atoms with Crippen molar-refractivity contribution < 1.29 is 0 Å². The lowest BCUT2D eigenvalue weighted by atomic mass is 9.96. The van der Waals surface area contributed by atoms with E-state index in [2.05, 4.69) is 50.3 Å². The van der Waals surface area contributed by atoms with Crippen LogP contribution in [0.2, 0.25) is 0 Å². The Kier molecular flexibility index (Phi) is 5.20. The Hall–Kier alpha value is -3.39. The highest BCUT2D eigenvalue weighted by atomic mass is 15.3. The van der Waals surface area contributed by atoms with Crippen molar-refractivity contribution in [3.05, 3.63) is 83.6 Å². The van der Waals surface area contributed by atoms with Crippen molar-refractivity contribution >= 4 is 11.5 Å². The largest absolute Gasteiger partial charge is 0.368 e. The molecule has 5 heteroatoms. The summed E-state index contributed by atoms with van der Waals surface area (Å²) in [7, 11) is 0. The molecule has 28 heavy (non-hydrogen) atoms. The van der Waals surface area contributed by atoms with Crippen molar-refractivity contribution in [2.24, 2.45) is 0 Å². The molecule has 2 aromatic carbocycles. The molecule has 0 amide bonds. The minimum Gasteiger partial charge on any atom is -0.368 e. The van der Waals surface area contributed by atoms with Crippen molar-refractivity contribution in [2.45, 2.75) is 12.8 Å². The number of aryl methyl sites for hydroxylation is 1. The Bertz CT molecular complexity index is 937. The molecule has 1 aliphatic rings. The maximum Gasteiger partial charge on any atom is 0.151 e. The SMILES string of the molecule is Cc1ccc(C(C#N)c2ccc(N3CCN(c4ccccc4)CC3)nn2)cc1. The quantitative estimate of drug-likeness (QED) is 0.701. The van der Waals surface area contributed by atoms with E-state index in [1.165, 1.54) is 11.3 Å². The summed E-state index contributed by atoms with van der Waals surface area (Å²) in [6, 6.07) is 24.8. The average Bonchev–Trinajstić information content (AvgIpc) is 2.77. The van der Waals surface area contributed by atoms with Crippen LogP contribution in [-0.4, -0.2) is 36.4 Å². The zero-order chi connectivity index (χ0) is 19.3. The highest BCUT2D eigenvalue weighted by Crippen LogP contribution is 2.24. The number of anilines is 2. The van der Waals surface area contributed by atoms with Crippen LogP contribution < -0.4 is 9.80 Å². The summed E-state index contributed by atoms with van der Waals surface area (Å²) in [5.41, 5.74) is 4.08. The minimum atomic E-state index is -0.392. The van der Waals surface area contributed by atoms with Crippen LogP contribution in [0.25, 0.3) is 0 Å². The summed E-state index contributed by atoms with van der Waals surface area (Å²) in [6.45, 7) is 5.76. The van der Waals surface area contributed by atoms with Crippen LogP contribution in [0.4, 0.5) is 11.5 Å². The lowest BCUT2D eigenvalue weighted by Gasteiger charge is -2.36. The number of nitriles is 1. The monoisotopic (exact) mass is 369 g/mol. The van der Waals surface area contributed by atoms with Crippen molar-refractivity contribution in [1.82, 2.24) is 10.2 Å². The fourth-order valence-corrected chi connectivity index (χ4v) is 3.56. The van der Waals surface area contributed by atoms with Gasteiger partial charge in [0.15, 0.2) is 5.82 Å². The normalized spacial score (nSPS) is 15.1. The molecule has 0 N–H and O–H groups in total. The molecule has 140 valence electrons. The van der Waals surface area contributed by atoms with Gasteiger partial charge in [-0.3, -0.25) is 0 Å². The molecule has 0 radical (unpaired) electrons. The average molecular weight is 369 g/mol. The lowest BCUT2D eigenvalue weighted by molar-refractivity contribution is 0.642. The van der Waals surface area contributed by atoms with Crippen LogP contribution in [0.1, 0.15) is 22.7 Å². The zero-order valence-corrected chi connectivity index (χ0v) is 16.0. The summed E-state index contributed by atoms with van der Waals surface area (Å²) in [6.07, 6.45) is 0. The first-order chi connectivity index (χ1) is 13.7. The summed E-state index contributed by atoms with van der Waals surface area (Å²) < 4.78 is 0. The summed E-state index contributed by atoms with van der Waals surface area (Å²) in [4.78, 5) is 4.64. The molecule has 1 unspecified atom stereocenters. The first-order valence-corrected chi connectivity index (χ1v) is 9.59. The van der Waals surface area contributed by atoms with Gasteiger partial charge < -0.3 is 9.80 Å². The van der Waals surface area contributed by atoms with Gasteiger partial charge >= 0.3 is 0 Å². The first kappa shape index (κ1) is 18.0. The summed E-state index contributed by atoms with van der Waals surface area (Å²) >= 11 is 0. The fraction of sp³-hybridized carbons (Fsp3) is 0.261. The molecule has 0 bridgehead atoms. The van der Waals surface area contributed by atoms with Gasteiger partial charge in [-0.25, -0.2) is 0 Å². The van der Waals surface area contributed by atoms with Crippen molar-refractivity contribution in [3.63, 3.8) is 0 Å². The lowest BCUT2D eigenvalue weighted by Crippen LogP contribution is -2.46. The molecular weight excluding hydrogens is 346 g/mol. The third-order valence-electron chi connectivity index (χ3n) is 5.23. The molecule has 1 saturated heterocycles. The number of nitrogens with zero attached hydrogens (tertiary/aromatic N) is 5. The Morgan fingerprint density at radius 1 is 0.821 bits per heavy atom. The number of benzene rings is 2. The van der Waals surface area contributed by atoms with Gasteiger partial charge in [-0.1, -0.05) is 48.0 Å². The Balaban J connectivity index is 1.43. The highest BCUT2D eigenvalue weighted by molar-refractivity contribution is 5.49. The first-order valence-electron chi connectivity index (χ1n) is 9.59. The second-order valence-electron chi connectivity index (χ2n) is 7.10. The van der Waals surface area contributed by atoms with Gasteiger partial charge in [0.2, 0.25) is 0 Å². The van der Waals surface area contributed by atoms with E-state index in [4.69, 9.17) is 0 Å². The number of piperazine rings is 1. The van der Waals surface area contributed by atoms with Gasteiger partial charge in [0.05, 0.1) is 11.8 Å². The van der Waals surface area contributed by atoms with Crippen LogP contribution in [0.5, 0.6) is 0 Å². The van der Waals surface area contributed by atoms with E-state index in [1.54, 1.807) is 0 Å². The number of aromatic nitrogens is 2. The molecule has 3 aromatic rings. The molecule has 1 atom stereocenters. The number of para-hydroxylation sites is 1. The molecule has 0 aliphatic carbocycles. The van der Waals surface area contributed by atoms with Crippen molar-refractivity contribution in [1.29, 1.82) is 5.26 Å². The minimum absolute atomic E-state index is 0.392. The standard InChI is InChI=1S/C23H23N5/c1-18-7-9-19(10-8-18)21(17-24)22-11-12-23(26-25-22)28-15-13-27(14-16-28)20-5-3-2-4-6-20/h2-12,21H,13-16H2,1H3. The number of hydrogen-bond donors (Lipinski definition) is 0. The van der Waals surface area contributed by atoms with E-state index in [9.17, 15) is 5.26 Å². The second-order valence-corrected chi connectivity index (χ2v) is 7.10. The second kappa shape index (κ2) is 8.10. The van der Waals surface area contributed by atoms with Gasteiger partial charge in [-0.2, -0.15) is 10.4 Å². The summed E-state index contributed by atoms with van der Waals surface area (Å²) in [5, 5.41) is 18.4. The van der Waals surface area contributed by atoms with E-state index in [-0.39, 0.29) is 0 Å². The highest BCUT2D eigenvalue weighted by Gasteiger charge is 2.20. The van der Waals surface area contributed by atoms with E-state index in [1.807, 2.05) is 49.4 Å². The van der Waals surface area contributed by atoms with Crippen LogP contribution in [0, 0.1) is 18.3 Å². The number of hydrogen-bond acceptors (Lipinski definition) is 5. The van der Waals surface area contributed by atoms with E-state index < -0.39 is 5.92 Å². The van der Waals surface area contributed by atoms with Gasteiger partial charge in [0.1, 0.15) is 5.92 Å². The summed E-state index contributed by atoms with van der Waals surface area (Å²) in [5.74, 6) is 0.481. The van der Waals surface area contributed by atoms with Crippen LogP contribution in [0.3, 0.4) is 0 Å². The Morgan fingerprint density at radius 2 is 1.50 bits per heavy atom. The third-order valence-corrected chi connectivity index (χ3v) is 5.23. The predicted octanol–water partition coefficient (Wildman–Crippen LogP) is 3.77. The molecule has 2 heterocycles. The maximum absolute atomic E-state index is 9.62. The zero-order valence-electron chi connectivity index (χ0n) is 16.0. The van der Waals surface area contributed by atoms with Crippen LogP contribution in [0.15, 0.2) is 66.7 Å². The number of rotatable bonds is 4. The van der Waals surface area contributed by atoms with Gasteiger partial charge in [-0.15, -0.1) is 5.10 Å². The maximum atomic E-state index is 9.62. The smallest absolute Gasteiger partial charge is 0.151 e. The topological polar surface area (TPSA) is 56.1 Å². The predicted molar refractivity (Wildman–Crippen MR) is 112 cm³/mol. The molecule has 1 aliphatic heterocycles. The molecule has 0 spiro atoms. The van der Waals surface area contributed by atoms with Crippen molar-refractivity contribution in [3.8, 4) is 6.07 Å². The van der Waals surface area contributed by atoms with Gasteiger partial charge in [0.25, 0.3) is 0 Å². The molecule has 1 aromatic heterocycles. The molecule has 5 nitrogen and oxygen atoms in total. The fourth-order valence-electron chi connectivity index (χ4n) is 3.56. The van der Waals surface area contributed by atoms with Gasteiger partial charge in [-0.05, 0) is 36.8 Å². The van der Waals surface area contributed by atoms with Crippen LogP contribution in [-0.2, 0) is 0 Å². The molecule has 1 fully saturated rings. The van der Waals surface area contributed by atoms with E-state index in [0.717, 1.165) is 37.6 Å². The molecule has 4 rings (SSSR count). The Morgan fingerprint density at radius 3 is 2.11 bits per heavy atom. The van der Waals surface area contributed by atoms with Crippen LogP contribution >= 0.6 is 0 Å². The Labute approximate surface area is 165 Å².